The predicted molar refractivity (Wildman–Crippen MR) is 102 cm³/mol. The summed E-state index contributed by atoms with van der Waals surface area (Å²) in [6.07, 6.45) is -0.648. The molecule has 0 aromatic heterocycles. The zero-order valence-corrected chi connectivity index (χ0v) is 15.9. The minimum absolute atomic E-state index is 0.209. The van der Waals surface area contributed by atoms with Crippen LogP contribution in [0.15, 0.2) is 42.5 Å². The van der Waals surface area contributed by atoms with Gasteiger partial charge in [0.2, 0.25) is 0 Å². The fraction of sp³-hybridized carbons (Fsp3) is 0.278. The largest absolute Gasteiger partial charge is 0.481 e. The number of benzene rings is 2. The normalized spacial score (nSPS) is 11.8. The first-order valence-corrected chi connectivity index (χ1v) is 9.58. The summed E-state index contributed by atoms with van der Waals surface area (Å²) >= 11 is 13.5. The Balaban J connectivity index is 1.65. The van der Waals surface area contributed by atoms with Gasteiger partial charge in [0.15, 0.2) is 6.10 Å². The number of hydrogen-bond donors (Lipinski definition) is 1. The highest BCUT2D eigenvalue weighted by Gasteiger charge is 2.13. The van der Waals surface area contributed by atoms with Crippen LogP contribution in [0, 0.1) is 5.82 Å². The SMILES string of the molecule is CC(Oc1ccc(F)cc1)C(=O)NCCSCc1ccc(Cl)c(Cl)c1. The molecule has 2 aromatic rings. The molecule has 1 atom stereocenters. The molecule has 0 aliphatic carbocycles. The minimum atomic E-state index is -0.648. The third kappa shape index (κ3) is 6.77. The van der Waals surface area contributed by atoms with Crippen molar-refractivity contribution in [2.75, 3.05) is 12.3 Å². The topological polar surface area (TPSA) is 38.3 Å². The number of nitrogens with one attached hydrogen (secondary N) is 1. The zero-order valence-electron chi connectivity index (χ0n) is 13.6. The van der Waals surface area contributed by atoms with Crippen molar-refractivity contribution < 1.29 is 13.9 Å². The molecule has 0 radical (unpaired) electrons. The third-order valence-corrected chi connectivity index (χ3v) is 5.06. The molecule has 1 amide bonds. The molecule has 7 heteroatoms. The lowest BCUT2D eigenvalue weighted by Gasteiger charge is -2.14. The van der Waals surface area contributed by atoms with E-state index in [2.05, 4.69) is 5.32 Å². The van der Waals surface area contributed by atoms with Crippen molar-refractivity contribution in [2.45, 2.75) is 18.8 Å². The Hall–Kier alpha value is -1.43. The first kappa shape index (κ1) is 19.9. The van der Waals surface area contributed by atoms with Crippen LogP contribution in [0.2, 0.25) is 10.0 Å². The van der Waals surface area contributed by atoms with Crippen molar-refractivity contribution in [1.29, 1.82) is 0 Å². The molecule has 0 fully saturated rings. The van der Waals surface area contributed by atoms with Crippen LogP contribution in [0.3, 0.4) is 0 Å². The monoisotopic (exact) mass is 401 g/mol. The molecule has 0 spiro atoms. The molecule has 134 valence electrons. The first-order valence-electron chi connectivity index (χ1n) is 7.67. The van der Waals surface area contributed by atoms with Crippen LogP contribution in [0.5, 0.6) is 5.75 Å². The van der Waals surface area contributed by atoms with Crippen LogP contribution in [0.4, 0.5) is 4.39 Å². The summed E-state index contributed by atoms with van der Waals surface area (Å²) in [5, 5.41) is 3.90. The van der Waals surface area contributed by atoms with E-state index in [-0.39, 0.29) is 11.7 Å². The van der Waals surface area contributed by atoms with Crippen molar-refractivity contribution >= 4 is 40.9 Å². The van der Waals surface area contributed by atoms with E-state index in [9.17, 15) is 9.18 Å². The average molecular weight is 402 g/mol. The second-order valence-corrected chi connectivity index (χ2v) is 7.23. The quantitative estimate of drug-likeness (QED) is 0.635. The van der Waals surface area contributed by atoms with E-state index in [1.54, 1.807) is 24.8 Å². The highest BCUT2D eigenvalue weighted by atomic mass is 35.5. The van der Waals surface area contributed by atoms with Crippen molar-refractivity contribution in [2.24, 2.45) is 0 Å². The summed E-state index contributed by atoms with van der Waals surface area (Å²) < 4.78 is 18.3. The predicted octanol–water partition coefficient (Wildman–Crippen LogP) is 4.95. The molecular formula is C18H18Cl2FNO2S. The maximum Gasteiger partial charge on any atom is 0.260 e. The van der Waals surface area contributed by atoms with Gasteiger partial charge in [-0.25, -0.2) is 4.39 Å². The standard InChI is InChI=1S/C18H18Cl2FNO2S/c1-12(24-15-5-3-14(21)4-6-15)18(23)22-8-9-25-11-13-2-7-16(19)17(20)10-13/h2-7,10,12H,8-9,11H2,1H3,(H,22,23). The fourth-order valence-corrected chi connectivity index (χ4v) is 3.11. The van der Waals surface area contributed by atoms with Gasteiger partial charge in [-0.2, -0.15) is 11.8 Å². The van der Waals surface area contributed by atoms with Gasteiger partial charge in [0, 0.05) is 18.1 Å². The van der Waals surface area contributed by atoms with Crippen LogP contribution in [0.1, 0.15) is 12.5 Å². The van der Waals surface area contributed by atoms with Gasteiger partial charge in [-0.05, 0) is 48.9 Å². The molecule has 0 heterocycles. The Labute approximate surface area is 160 Å². The minimum Gasteiger partial charge on any atom is -0.481 e. The van der Waals surface area contributed by atoms with Gasteiger partial charge in [0.25, 0.3) is 5.91 Å². The van der Waals surface area contributed by atoms with E-state index < -0.39 is 6.10 Å². The molecule has 1 unspecified atom stereocenters. The van der Waals surface area contributed by atoms with Gasteiger partial charge in [0.05, 0.1) is 10.0 Å². The van der Waals surface area contributed by atoms with Crippen molar-refractivity contribution in [3.8, 4) is 5.75 Å². The van der Waals surface area contributed by atoms with Crippen LogP contribution in [0.25, 0.3) is 0 Å². The van der Waals surface area contributed by atoms with E-state index in [1.807, 2.05) is 12.1 Å². The first-order chi connectivity index (χ1) is 12.0. The fourth-order valence-electron chi connectivity index (χ4n) is 1.98. The van der Waals surface area contributed by atoms with Crippen LogP contribution >= 0.6 is 35.0 Å². The van der Waals surface area contributed by atoms with E-state index in [1.165, 1.54) is 24.3 Å². The Kier molecular flexibility index (Phi) is 7.88. The molecule has 25 heavy (non-hydrogen) atoms. The van der Waals surface area contributed by atoms with Crippen LogP contribution in [-0.2, 0) is 10.5 Å². The Morgan fingerprint density at radius 3 is 2.60 bits per heavy atom. The molecule has 2 rings (SSSR count). The molecular weight excluding hydrogens is 384 g/mol. The Bertz CT molecular complexity index is 713. The molecule has 2 aromatic carbocycles. The number of thioether (sulfide) groups is 1. The molecule has 0 aliphatic heterocycles. The lowest BCUT2D eigenvalue weighted by molar-refractivity contribution is -0.127. The average Bonchev–Trinajstić information content (AvgIpc) is 2.59. The smallest absolute Gasteiger partial charge is 0.260 e. The molecule has 1 N–H and O–H groups in total. The molecule has 3 nitrogen and oxygen atoms in total. The number of carbonyl (C=O) groups is 1. The van der Waals surface area contributed by atoms with E-state index in [0.717, 1.165) is 17.1 Å². The number of amides is 1. The van der Waals surface area contributed by atoms with Gasteiger partial charge in [0.1, 0.15) is 11.6 Å². The lowest BCUT2D eigenvalue weighted by Crippen LogP contribution is -2.37. The second kappa shape index (κ2) is 9.90. The van der Waals surface area contributed by atoms with E-state index in [0.29, 0.717) is 22.3 Å². The van der Waals surface area contributed by atoms with Gasteiger partial charge in [-0.3, -0.25) is 4.79 Å². The van der Waals surface area contributed by atoms with Gasteiger partial charge in [-0.15, -0.1) is 0 Å². The number of rotatable bonds is 8. The second-order valence-electron chi connectivity index (χ2n) is 5.31. The van der Waals surface area contributed by atoms with Crippen molar-refractivity contribution in [3.05, 3.63) is 63.9 Å². The summed E-state index contributed by atoms with van der Waals surface area (Å²) in [7, 11) is 0. The van der Waals surface area contributed by atoms with Crippen molar-refractivity contribution in [3.63, 3.8) is 0 Å². The summed E-state index contributed by atoms with van der Waals surface area (Å²) in [6.45, 7) is 2.18. The maximum atomic E-state index is 12.8. The maximum absolute atomic E-state index is 12.8. The molecule has 0 saturated carbocycles. The number of carbonyl (C=O) groups excluding carboxylic acids is 1. The van der Waals surface area contributed by atoms with Crippen molar-refractivity contribution in [1.82, 2.24) is 5.32 Å². The zero-order chi connectivity index (χ0) is 18.2. The van der Waals surface area contributed by atoms with Crippen LogP contribution < -0.4 is 10.1 Å². The number of halogens is 3. The van der Waals surface area contributed by atoms with E-state index in [4.69, 9.17) is 27.9 Å². The summed E-state index contributed by atoms with van der Waals surface area (Å²) in [5.41, 5.74) is 1.08. The summed E-state index contributed by atoms with van der Waals surface area (Å²) in [6, 6.07) is 11.1. The number of ether oxygens (including phenoxy) is 1. The van der Waals surface area contributed by atoms with Gasteiger partial charge < -0.3 is 10.1 Å². The molecule has 0 aliphatic rings. The highest BCUT2D eigenvalue weighted by molar-refractivity contribution is 7.98. The lowest BCUT2D eigenvalue weighted by atomic mass is 10.2. The summed E-state index contributed by atoms with van der Waals surface area (Å²) in [5.74, 6) is 1.45. The molecule has 0 saturated heterocycles. The van der Waals surface area contributed by atoms with Gasteiger partial charge >= 0.3 is 0 Å². The third-order valence-electron chi connectivity index (χ3n) is 3.29. The summed E-state index contributed by atoms with van der Waals surface area (Å²) in [4.78, 5) is 12.0. The Morgan fingerprint density at radius 2 is 1.92 bits per heavy atom. The van der Waals surface area contributed by atoms with Gasteiger partial charge in [-0.1, -0.05) is 29.3 Å². The number of hydrogen-bond acceptors (Lipinski definition) is 3. The van der Waals surface area contributed by atoms with Crippen LogP contribution in [-0.4, -0.2) is 24.3 Å². The van der Waals surface area contributed by atoms with E-state index >= 15 is 0 Å². The molecule has 0 bridgehead atoms. The Morgan fingerprint density at radius 1 is 1.20 bits per heavy atom. The highest BCUT2D eigenvalue weighted by Crippen LogP contribution is 2.24.